The van der Waals surface area contributed by atoms with Crippen molar-refractivity contribution in [3.05, 3.63) is 29.8 Å². The molecule has 0 aliphatic heterocycles. The average molecular weight is 419 g/mol. The fraction of sp³-hybridized carbons (Fsp3) is 0.640. The minimum atomic E-state index is -0.967. The number of ether oxygens (including phenoxy) is 1. The van der Waals surface area contributed by atoms with Crippen molar-refractivity contribution in [2.45, 2.75) is 90.6 Å². The van der Waals surface area contributed by atoms with E-state index in [2.05, 4.69) is 11.8 Å². The second kappa shape index (κ2) is 15.4. The first kappa shape index (κ1) is 25.6. The topological polar surface area (TPSA) is 46.5 Å². The van der Waals surface area contributed by atoms with Crippen molar-refractivity contribution in [2.75, 3.05) is 12.4 Å². The highest BCUT2D eigenvalue weighted by atomic mass is 32.2. The Hall–Kier alpha value is -1.44. The Balaban J connectivity index is 1.94. The maximum Gasteiger partial charge on any atom is 0.185 e. The molecule has 29 heavy (non-hydrogen) atoms. The highest BCUT2D eigenvalue weighted by Crippen LogP contribution is 2.15. The highest BCUT2D eigenvalue weighted by molar-refractivity contribution is 8.13. The van der Waals surface area contributed by atoms with Crippen LogP contribution in [0.4, 0.5) is 0 Å². The van der Waals surface area contributed by atoms with Crippen LogP contribution in [0.1, 0.15) is 90.5 Å². The normalized spacial score (nSPS) is 11.0. The molecule has 0 aromatic heterocycles. The van der Waals surface area contributed by atoms with Gasteiger partial charge in [-0.25, -0.2) is 0 Å². The molecule has 0 aliphatic rings. The van der Waals surface area contributed by atoms with Crippen LogP contribution in [0.3, 0.4) is 0 Å². The summed E-state index contributed by atoms with van der Waals surface area (Å²) < 4.78 is 5.79. The minimum Gasteiger partial charge on any atom is -0.494 e. The Bertz CT molecular complexity index is 620. The molecule has 0 amide bonds. The summed E-state index contributed by atoms with van der Waals surface area (Å²) in [5.41, 5.74) is -0.0832. The van der Waals surface area contributed by atoms with Crippen LogP contribution in [-0.2, 0) is 4.79 Å². The van der Waals surface area contributed by atoms with Crippen molar-refractivity contribution in [2.24, 2.45) is 0 Å². The molecule has 0 heterocycles. The number of rotatable bonds is 14. The van der Waals surface area contributed by atoms with Crippen LogP contribution in [0.15, 0.2) is 24.3 Å². The van der Waals surface area contributed by atoms with Gasteiger partial charge < -0.3 is 9.84 Å². The fourth-order valence-electron chi connectivity index (χ4n) is 2.88. The summed E-state index contributed by atoms with van der Waals surface area (Å²) in [6.07, 6.45) is 12.6. The molecule has 0 spiro atoms. The second-order valence-corrected chi connectivity index (χ2v) is 9.33. The van der Waals surface area contributed by atoms with Gasteiger partial charge in [0.15, 0.2) is 5.12 Å². The van der Waals surface area contributed by atoms with Gasteiger partial charge in [0, 0.05) is 18.2 Å². The lowest BCUT2D eigenvalue weighted by molar-refractivity contribution is -0.109. The van der Waals surface area contributed by atoms with Gasteiger partial charge in [0.2, 0.25) is 0 Å². The van der Waals surface area contributed by atoms with Gasteiger partial charge in [-0.1, -0.05) is 75.0 Å². The van der Waals surface area contributed by atoms with Gasteiger partial charge in [0.25, 0.3) is 0 Å². The number of aliphatic hydroxyl groups is 1. The largest absolute Gasteiger partial charge is 0.494 e. The summed E-state index contributed by atoms with van der Waals surface area (Å²) in [7, 11) is 0. The summed E-state index contributed by atoms with van der Waals surface area (Å²) in [5, 5.41) is 9.87. The van der Waals surface area contributed by atoms with Gasteiger partial charge in [-0.05, 0) is 51.0 Å². The van der Waals surface area contributed by atoms with E-state index in [1.54, 1.807) is 20.8 Å². The predicted octanol–water partition coefficient (Wildman–Crippen LogP) is 6.37. The van der Waals surface area contributed by atoms with E-state index >= 15 is 0 Å². The summed E-state index contributed by atoms with van der Waals surface area (Å²) in [6, 6.07) is 7.73. The van der Waals surface area contributed by atoms with Gasteiger partial charge in [-0.15, -0.1) is 0 Å². The molecule has 162 valence electrons. The molecule has 0 saturated carbocycles. The van der Waals surface area contributed by atoms with Gasteiger partial charge in [0.05, 0.1) is 6.61 Å². The van der Waals surface area contributed by atoms with Gasteiger partial charge in [-0.3, -0.25) is 4.79 Å². The molecule has 0 saturated heterocycles. The van der Waals surface area contributed by atoms with Crippen LogP contribution in [-0.4, -0.2) is 28.2 Å². The Kier molecular flexibility index (Phi) is 13.6. The number of thioether (sulfide) groups is 1. The molecule has 1 rings (SSSR count). The van der Waals surface area contributed by atoms with E-state index in [1.807, 2.05) is 24.3 Å². The Morgan fingerprint density at radius 2 is 1.45 bits per heavy atom. The van der Waals surface area contributed by atoms with Crippen LogP contribution in [0.5, 0.6) is 5.75 Å². The zero-order valence-electron chi connectivity index (χ0n) is 18.5. The molecule has 1 aromatic carbocycles. The lowest BCUT2D eigenvalue weighted by atomic mass is 10.1. The van der Waals surface area contributed by atoms with E-state index in [9.17, 15) is 9.90 Å². The lowest BCUT2D eigenvalue weighted by Crippen LogP contribution is -2.14. The highest BCUT2D eigenvalue weighted by Gasteiger charge is 2.05. The van der Waals surface area contributed by atoms with Crippen molar-refractivity contribution in [1.29, 1.82) is 0 Å². The Labute approximate surface area is 182 Å². The molecular formula is C25H38O3S. The second-order valence-electron chi connectivity index (χ2n) is 8.06. The summed E-state index contributed by atoms with van der Waals surface area (Å²) in [6.45, 7) is 5.76. The third kappa shape index (κ3) is 16.1. The Morgan fingerprint density at radius 1 is 0.931 bits per heavy atom. The predicted molar refractivity (Wildman–Crippen MR) is 124 cm³/mol. The number of carbonyl (C=O) groups is 1. The summed E-state index contributed by atoms with van der Waals surface area (Å²) in [4.78, 5) is 10.8. The number of hydrogen-bond donors (Lipinski definition) is 1. The lowest BCUT2D eigenvalue weighted by Gasteiger charge is -2.07. The van der Waals surface area contributed by atoms with E-state index < -0.39 is 5.60 Å². The van der Waals surface area contributed by atoms with Crippen molar-refractivity contribution >= 4 is 16.9 Å². The molecular weight excluding hydrogens is 380 g/mol. The van der Waals surface area contributed by atoms with Crippen LogP contribution in [0.2, 0.25) is 0 Å². The molecule has 0 unspecified atom stereocenters. The zero-order valence-corrected chi connectivity index (χ0v) is 19.3. The molecule has 0 fully saturated rings. The molecule has 0 atom stereocenters. The minimum absolute atomic E-state index is 0.238. The SMILES string of the molecule is CC(=O)SCCCCCCCCCCCCOc1ccc(C#CC(C)(C)O)cc1. The molecule has 1 N–H and O–H groups in total. The standard InChI is InChI=1S/C25H38O3S/c1-22(26)29-21-13-11-9-7-5-4-6-8-10-12-20-28-24-16-14-23(15-17-24)18-19-25(2,3)27/h14-17,27H,4-13,20-21H2,1-3H3. The van der Waals surface area contributed by atoms with Gasteiger partial charge in [0.1, 0.15) is 11.4 Å². The van der Waals surface area contributed by atoms with E-state index in [0.29, 0.717) is 0 Å². The smallest absolute Gasteiger partial charge is 0.185 e. The first-order chi connectivity index (χ1) is 13.9. The first-order valence-electron chi connectivity index (χ1n) is 11.0. The third-order valence-corrected chi connectivity index (χ3v) is 5.38. The van der Waals surface area contributed by atoms with Gasteiger partial charge in [-0.2, -0.15) is 0 Å². The first-order valence-corrected chi connectivity index (χ1v) is 12.0. The zero-order chi connectivity index (χ0) is 21.4. The van der Waals surface area contributed by atoms with E-state index in [4.69, 9.17) is 4.74 Å². The number of carbonyl (C=O) groups excluding carboxylic acids is 1. The van der Waals surface area contributed by atoms with E-state index in [1.165, 1.54) is 69.5 Å². The van der Waals surface area contributed by atoms with Crippen molar-refractivity contribution in [3.8, 4) is 17.6 Å². The maximum absolute atomic E-state index is 10.8. The van der Waals surface area contributed by atoms with Crippen LogP contribution in [0, 0.1) is 11.8 Å². The number of unbranched alkanes of at least 4 members (excludes halogenated alkanes) is 9. The van der Waals surface area contributed by atoms with Gasteiger partial charge >= 0.3 is 0 Å². The molecule has 0 bridgehead atoms. The third-order valence-electron chi connectivity index (χ3n) is 4.48. The van der Waals surface area contributed by atoms with Crippen molar-refractivity contribution in [1.82, 2.24) is 0 Å². The Morgan fingerprint density at radius 3 is 1.97 bits per heavy atom. The molecule has 3 nitrogen and oxygen atoms in total. The summed E-state index contributed by atoms with van der Waals surface area (Å²) >= 11 is 1.45. The number of benzene rings is 1. The molecule has 0 aliphatic carbocycles. The van der Waals surface area contributed by atoms with E-state index in [-0.39, 0.29) is 5.12 Å². The number of hydrogen-bond acceptors (Lipinski definition) is 4. The monoisotopic (exact) mass is 418 g/mol. The molecule has 4 heteroatoms. The van der Waals surface area contributed by atoms with Crippen molar-refractivity contribution in [3.63, 3.8) is 0 Å². The average Bonchev–Trinajstić information content (AvgIpc) is 2.66. The van der Waals surface area contributed by atoms with Crippen LogP contribution in [0.25, 0.3) is 0 Å². The fourth-order valence-corrected chi connectivity index (χ4v) is 3.52. The molecule has 0 radical (unpaired) electrons. The van der Waals surface area contributed by atoms with E-state index in [0.717, 1.165) is 30.1 Å². The van der Waals surface area contributed by atoms with Crippen LogP contribution < -0.4 is 4.74 Å². The van der Waals surface area contributed by atoms with Crippen molar-refractivity contribution < 1.29 is 14.6 Å². The maximum atomic E-state index is 10.8. The molecule has 1 aromatic rings. The van der Waals surface area contributed by atoms with Crippen LogP contribution >= 0.6 is 11.8 Å². The quantitative estimate of drug-likeness (QED) is 0.282. The summed E-state index contributed by atoms with van der Waals surface area (Å²) in [5.74, 6) is 7.63.